The molecule has 1 rings (SSSR count). The summed E-state index contributed by atoms with van der Waals surface area (Å²) in [7, 11) is 0. The summed E-state index contributed by atoms with van der Waals surface area (Å²) in [6.07, 6.45) is 3.89. The zero-order valence-electron chi connectivity index (χ0n) is 7.59. The van der Waals surface area contributed by atoms with Crippen LogP contribution in [0.4, 0.5) is 0 Å². The number of alkyl halides is 1. The highest BCUT2D eigenvalue weighted by molar-refractivity contribution is 6.18. The molecule has 13 heavy (non-hydrogen) atoms. The lowest BCUT2D eigenvalue weighted by atomic mass is 10.4. The van der Waals surface area contributed by atoms with E-state index in [0.717, 1.165) is 24.5 Å². The molecule has 4 heteroatoms. The second-order valence-electron chi connectivity index (χ2n) is 2.69. The Hall–Kier alpha value is -0.800. The Kier molecular flexibility index (Phi) is 4.57. The molecular formula is C9H13ClN2O. The fraction of sp³-hybridized carbons (Fsp3) is 0.444. The maximum absolute atomic E-state index is 5.46. The van der Waals surface area contributed by atoms with Gasteiger partial charge in [0.15, 0.2) is 0 Å². The summed E-state index contributed by atoms with van der Waals surface area (Å²) in [5, 5.41) is 7.03. The van der Waals surface area contributed by atoms with Gasteiger partial charge in [-0.1, -0.05) is 17.3 Å². The number of hydrogen-bond donors (Lipinski definition) is 1. The Labute approximate surface area is 82.7 Å². The summed E-state index contributed by atoms with van der Waals surface area (Å²) in [5.74, 6) is 1.40. The number of allylic oxidation sites excluding steroid dienone is 1. The first-order chi connectivity index (χ1) is 6.33. The van der Waals surface area contributed by atoms with E-state index >= 15 is 0 Å². The number of aryl methyl sites for hydroxylation is 1. The average molecular weight is 201 g/mol. The number of nitrogens with zero attached hydrogens (tertiary/aromatic N) is 1. The molecule has 0 saturated heterocycles. The fourth-order valence-electron chi connectivity index (χ4n) is 0.931. The predicted molar refractivity (Wildman–Crippen MR) is 52.8 cm³/mol. The first-order valence-electron chi connectivity index (χ1n) is 4.17. The molecule has 0 amide bonds. The third-order valence-electron chi connectivity index (χ3n) is 1.50. The van der Waals surface area contributed by atoms with E-state index in [2.05, 4.69) is 10.5 Å². The summed E-state index contributed by atoms with van der Waals surface area (Å²) in [6.45, 7) is 3.41. The molecule has 0 aliphatic rings. The van der Waals surface area contributed by atoms with Gasteiger partial charge in [0.2, 0.25) is 0 Å². The van der Waals surface area contributed by atoms with E-state index in [1.54, 1.807) is 0 Å². The zero-order chi connectivity index (χ0) is 9.52. The van der Waals surface area contributed by atoms with Crippen molar-refractivity contribution < 1.29 is 4.52 Å². The van der Waals surface area contributed by atoms with Gasteiger partial charge in [0.05, 0.1) is 5.69 Å². The van der Waals surface area contributed by atoms with Gasteiger partial charge in [-0.3, -0.25) is 0 Å². The van der Waals surface area contributed by atoms with Crippen LogP contribution in [0.2, 0.25) is 0 Å². The van der Waals surface area contributed by atoms with Crippen LogP contribution in [-0.2, 0) is 6.54 Å². The highest BCUT2D eigenvalue weighted by Gasteiger charge is 1.97. The third-order valence-corrected chi connectivity index (χ3v) is 1.68. The molecule has 0 unspecified atom stereocenters. The van der Waals surface area contributed by atoms with Crippen LogP contribution in [0.15, 0.2) is 22.7 Å². The second-order valence-corrected chi connectivity index (χ2v) is 2.99. The zero-order valence-corrected chi connectivity index (χ0v) is 8.34. The van der Waals surface area contributed by atoms with Gasteiger partial charge in [-0.25, -0.2) is 0 Å². The first-order valence-corrected chi connectivity index (χ1v) is 4.70. The van der Waals surface area contributed by atoms with Crippen LogP contribution < -0.4 is 5.32 Å². The minimum absolute atomic E-state index is 0.560. The number of rotatable bonds is 5. The summed E-state index contributed by atoms with van der Waals surface area (Å²) in [6, 6.07) is 1.91. The van der Waals surface area contributed by atoms with E-state index in [4.69, 9.17) is 16.1 Å². The lowest BCUT2D eigenvalue weighted by Crippen LogP contribution is -2.12. The average Bonchev–Trinajstić information content (AvgIpc) is 2.51. The van der Waals surface area contributed by atoms with Crippen LogP contribution in [0.5, 0.6) is 0 Å². The van der Waals surface area contributed by atoms with Crippen molar-refractivity contribution in [1.82, 2.24) is 10.5 Å². The lowest BCUT2D eigenvalue weighted by molar-refractivity contribution is 0.388. The smallest absolute Gasteiger partial charge is 0.133 e. The van der Waals surface area contributed by atoms with Crippen molar-refractivity contribution in [3.8, 4) is 0 Å². The van der Waals surface area contributed by atoms with Crippen LogP contribution in [0, 0.1) is 6.92 Å². The van der Waals surface area contributed by atoms with Crippen LogP contribution in [0.1, 0.15) is 11.5 Å². The maximum atomic E-state index is 5.46. The molecule has 0 aliphatic carbocycles. The molecule has 3 nitrogen and oxygen atoms in total. The van der Waals surface area contributed by atoms with Crippen LogP contribution in [-0.4, -0.2) is 17.6 Å². The molecule has 0 spiro atoms. The van der Waals surface area contributed by atoms with Gasteiger partial charge in [-0.2, -0.15) is 0 Å². The van der Waals surface area contributed by atoms with Crippen molar-refractivity contribution in [2.75, 3.05) is 12.4 Å². The Morgan fingerprint density at radius 3 is 3.08 bits per heavy atom. The molecule has 0 fully saturated rings. The van der Waals surface area contributed by atoms with Gasteiger partial charge in [-0.15, -0.1) is 11.6 Å². The van der Waals surface area contributed by atoms with Gasteiger partial charge < -0.3 is 9.84 Å². The molecule has 0 bridgehead atoms. The van der Waals surface area contributed by atoms with E-state index in [9.17, 15) is 0 Å². The van der Waals surface area contributed by atoms with E-state index < -0.39 is 0 Å². The molecule has 1 heterocycles. The van der Waals surface area contributed by atoms with E-state index in [1.807, 2.05) is 25.1 Å². The Morgan fingerprint density at radius 2 is 2.46 bits per heavy atom. The minimum Gasteiger partial charge on any atom is -0.361 e. The first kappa shape index (κ1) is 10.3. The molecule has 0 aromatic carbocycles. The maximum Gasteiger partial charge on any atom is 0.133 e. The number of halogens is 1. The predicted octanol–water partition coefficient (Wildman–Crippen LogP) is 1.87. The van der Waals surface area contributed by atoms with Crippen molar-refractivity contribution in [3.05, 3.63) is 29.7 Å². The summed E-state index contributed by atoms with van der Waals surface area (Å²) in [4.78, 5) is 0. The van der Waals surface area contributed by atoms with Gasteiger partial charge >= 0.3 is 0 Å². The molecule has 1 aromatic rings. The number of hydrogen-bond acceptors (Lipinski definition) is 3. The normalized spacial score (nSPS) is 11.2. The third kappa shape index (κ3) is 4.10. The standard InChI is InChI=1S/C9H13ClN2O/c1-8-6-9(12-13-8)7-11-5-3-2-4-10/h2-3,6,11H,4-5,7H2,1H3/b3-2+. The van der Waals surface area contributed by atoms with Crippen LogP contribution >= 0.6 is 11.6 Å². The van der Waals surface area contributed by atoms with Gasteiger partial charge in [0.25, 0.3) is 0 Å². The summed E-state index contributed by atoms with van der Waals surface area (Å²) in [5.41, 5.74) is 0.928. The van der Waals surface area contributed by atoms with Crippen molar-refractivity contribution in [3.63, 3.8) is 0 Å². The summed E-state index contributed by atoms with van der Waals surface area (Å²) >= 11 is 5.46. The molecule has 1 aromatic heterocycles. The van der Waals surface area contributed by atoms with Crippen molar-refractivity contribution >= 4 is 11.6 Å². The molecule has 1 N–H and O–H groups in total. The lowest BCUT2D eigenvalue weighted by Gasteiger charge is -1.95. The Balaban J connectivity index is 2.16. The minimum atomic E-state index is 0.560. The molecule has 72 valence electrons. The SMILES string of the molecule is Cc1cc(CNC/C=C/CCl)no1. The van der Waals surface area contributed by atoms with Gasteiger partial charge in [0.1, 0.15) is 5.76 Å². The number of nitrogens with one attached hydrogen (secondary N) is 1. The molecular weight excluding hydrogens is 188 g/mol. The molecule has 0 atom stereocenters. The van der Waals surface area contributed by atoms with Gasteiger partial charge in [0, 0.05) is 25.0 Å². The number of aromatic nitrogens is 1. The largest absolute Gasteiger partial charge is 0.361 e. The Bertz CT molecular complexity index is 270. The van der Waals surface area contributed by atoms with Crippen LogP contribution in [0.3, 0.4) is 0 Å². The quantitative estimate of drug-likeness (QED) is 0.448. The summed E-state index contributed by atoms with van der Waals surface area (Å²) < 4.78 is 4.91. The van der Waals surface area contributed by atoms with Gasteiger partial charge in [-0.05, 0) is 6.92 Å². The van der Waals surface area contributed by atoms with Crippen molar-refractivity contribution in [1.29, 1.82) is 0 Å². The van der Waals surface area contributed by atoms with E-state index in [-0.39, 0.29) is 0 Å². The fourth-order valence-corrected chi connectivity index (χ4v) is 1.06. The monoisotopic (exact) mass is 200 g/mol. The van der Waals surface area contributed by atoms with Crippen molar-refractivity contribution in [2.24, 2.45) is 0 Å². The highest BCUT2D eigenvalue weighted by atomic mass is 35.5. The van der Waals surface area contributed by atoms with Crippen LogP contribution in [0.25, 0.3) is 0 Å². The topological polar surface area (TPSA) is 38.1 Å². The molecule has 0 aliphatic heterocycles. The molecule has 0 radical (unpaired) electrons. The van der Waals surface area contributed by atoms with E-state index in [0.29, 0.717) is 5.88 Å². The highest BCUT2D eigenvalue weighted by Crippen LogP contribution is 1.99. The van der Waals surface area contributed by atoms with Crippen molar-refractivity contribution in [2.45, 2.75) is 13.5 Å². The molecule has 0 saturated carbocycles. The van der Waals surface area contributed by atoms with E-state index in [1.165, 1.54) is 0 Å². The second kappa shape index (κ2) is 5.78. The Morgan fingerprint density at radius 1 is 1.62 bits per heavy atom.